The van der Waals surface area contributed by atoms with Crippen molar-refractivity contribution in [3.05, 3.63) is 30.1 Å². The Hall–Kier alpha value is -1.39. The average molecular weight is 246 g/mol. The Morgan fingerprint density at radius 3 is 2.89 bits per heavy atom. The molecule has 0 atom stereocenters. The second-order valence-electron chi connectivity index (χ2n) is 5.79. The topological polar surface area (TPSA) is 57.9 Å². The van der Waals surface area contributed by atoms with Gasteiger partial charge in [-0.15, -0.1) is 0 Å². The van der Waals surface area contributed by atoms with Crippen molar-refractivity contribution in [2.75, 3.05) is 20.1 Å². The van der Waals surface area contributed by atoms with E-state index in [-0.39, 0.29) is 5.41 Å². The molecule has 0 bridgehead atoms. The molecule has 0 aliphatic heterocycles. The van der Waals surface area contributed by atoms with Crippen LogP contribution in [0.5, 0.6) is 0 Å². The van der Waals surface area contributed by atoms with Crippen LogP contribution < -0.4 is 5.73 Å². The third-order valence-corrected chi connectivity index (χ3v) is 3.19. The molecular weight excluding hydrogens is 224 g/mol. The Morgan fingerprint density at radius 1 is 1.39 bits per heavy atom. The summed E-state index contributed by atoms with van der Waals surface area (Å²) >= 11 is 0. The molecule has 0 unspecified atom stereocenters. The van der Waals surface area contributed by atoms with Crippen molar-refractivity contribution in [3.63, 3.8) is 0 Å². The number of nitrogens with two attached hydrogens (primary N) is 1. The maximum absolute atomic E-state index is 5.77. The molecule has 0 aliphatic carbocycles. The van der Waals surface area contributed by atoms with Gasteiger partial charge in [-0.1, -0.05) is 19.9 Å². The molecule has 4 nitrogen and oxygen atoms in total. The standard InChI is InChI=1S/C14H22N4/c1-14(2,8-15)9-18(3)7-11-4-5-12-13(6-11)17-10-16-12/h4-6,10H,7-9,15H2,1-3H3,(H,16,17). The van der Waals surface area contributed by atoms with Gasteiger partial charge in [-0.25, -0.2) is 4.98 Å². The van der Waals surface area contributed by atoms with Crippen LogP contribution in [0.1, 0.15) is 19.4 Å². The molecular formula is C14H22N4. The minimum atomic E-state index is 0.160. The molecule has 18 heavy (non-hydrogen) atoms. The average Bonchev–Trinajstić information content (AvgIpc) is 2.75. The van der Waals surface area contributed by atoms with E-state index in [0.29, 0.717) is 6.54 Å². The number of nitrogens with one attached hydrogen (secondary N) is 1. The molecule has 0 fully saturated rings. The molecule has 0 aliphatic rings. The number of hydrogen-bond donors (Lipinski definition) is 2. The van der Waals surface area contributed by atoms with Gasteiger partial charge in [0.1, 0.15) is 0 Å². The van der Waals surface area contributed by atoms with Crippen molar-refractivity contribution in [2.45, 2.75) is 20.4 Å². The number of hydrogen-bond acceptors (Lipinski definition) is 3. The van der Waals surface area contributed by atoms with Crippen LogP contribution in [-0.2, 0) is 6.54 Å². The number of imidazole rings is 1. The summed E-state index contributed by atoms with van der Waals surface area (Å²) in [5.74, 6) is 0. The minimum Gasteiger partial charge on any atom is -0.345 e. The van der Waals surface area contributed by atoms with Gasteiger partial charge < -0.3 is 15.6 Å². The Bertz CT molecular complexity index is 515. The Labute approximate surface area is 108 Å². The summed E-state index contributed by atoms with van der Waals surface area (Å²) in [4.78, 5) is 9.68. The zero-order chi connectivity index (χ0) is 13.2. The maximum Gasteiger partial charge on any atom is 0.0931 e. The third-order valence-electron chi connectivity index (χ3n) is 3.19. The lowest BCUT2D eigenvalue weighted by Gasteiger charge is -2.29. The van der Waals surface area contributed by atoms with E-state index in [1.807, 2.05) is 0 Å². The maximum atomic E-state index is 5.77. The molecule has 1 aromatic carbocycles. The van der Waals surface area contributed by atoms with E-state index < -0.39 is 0 Å². The zero-order valence-electron chi connectivity index (χ0n) is 11.4. The first-order chi connectivity index (χ1) is 8.50. The highest BCUT2D eigenvalue weighted by molar-refractivity contribution is 5.74. The number of H-pyrrole nitrogens is 1. The van der Waals surface area contributed by atoms with E-state index >= 15 is 0 Å². The van der Waals surface area contributed by atoms with Crippen molar-refractivity contribution in [1.82, 2.24) is 14.9 Å². The lowest BCUT2D eigenvalue weighted by molar-refractivity contribution is 0.210. The summed E-state index contributed by atoms with van der Waals surface area (Å²) < 4.78 is 0. The Balaban J connectivity index is 2.04. The molecule has 1 heterocycles. The molecule has 4 heteroatoms. The Kier molecular flexibility index (Phi) is 3.68. The normalized spacial score (nSPS) is 12.5. The molecule has 3 N–H and O–H groups in total. The lowest BCUT2D eigenvalue weighted by Crippen LogP contribution is -2.36. The van der Waals surface area contributed by atoms with E-state index in [0.717, 1.165) is 24.1 Å². The summed E-state index contributed by atoms with van der Waals surface area (Å²) in [6, 6.07) is 6.35. The SMILES string of the molecule is CN(Cc1ccc2nc[nH]c2c1)CC(C)(C)CN. The first kappa shape index (κ1) is 13.1. The second kappa shape index (κ2) is 5.08. The fraction of sp³-hybridized carbons (Fsp3) is 0.500. The van der Waals surface area contributed by atoms with Crippen LogP contribution in [0.15, 0.2) is 24.5 Å². The van der Waals surface area contributed by atoms with Crippen LogP contribution >= 0.6 is 0 Å². The first-order valence-corrected chi connectivity index (χ1v) is 6.31. The number of rotatable bonds is 5. The fourth-order valence-corrected chi connectivity index (χ4v) is 2.24. The van der Waals surface area contributed by atoms with Crippen molar-refractivity contribution in [3.8, 4) is 0 Å². The minimum absolute atomic E-state index is 0.160. The molecule has 2 aromatic rings. The summed E-state index contributed by atoms with van der Waals surface area (Å²) in [7, 11) is 2.13. The summed E-state index contributed by atoms with van der Waals surface area (Å²) in [5, 5.41) is 0. The highest BCUT2D eigenvalue weighted by atomic mass is 15.1. The predicted molar refractivity (Wildman–Crippen MR) is 75.3 cm³/mol. The van der Waals surface area contributed by atoms with Gasteiger partial charge in [-0.2, -0.15) is 0 Å². The molecule has 0 radical (unpaired) electrons. The van der Waals surface area contributed by atoms with E-state index in [1.165, 1.54) is 5.56 Å². The van der Waals surface area contributed by atoms with Gasteiger partial charge in [-0.05, 0) is 36.7 Å². The van der Waals surface area contributed by atoms with E-state index in [4.69, 9.17) is 5.73 Å². The first-order valence-electron chi connectivity index (χ1n) is 6.31. The smallest absolute Gasteiger partial charge is 0.0931 e. The van der Waals surface area contributed by atoms with Crippen LogP contribution in [0.25, 0.3) is 11.0 Å². The van der Waals surface area contributed by atoms with Crippen molar-refractivity contribution >= 4 is 11.0 Å². The summed E-state index contributed by atoms with van der Waals surface area (Å²) in [6.45, 7) is 7.02. The van der Waals surface area contributed by atoms with Gasteiger partial charge in [0.2, 0.25) is 0 Å². The third kappa shape index (κ3) is 3.09. The van der Waals surface area contributed by atoms with Gasteiger partial charge in [0.25, 0.3) is 0 Å². The highest BCUT2D eigenvalue weighted by Crippen LogP contribution is 2.17. The number of aromatic amines is 1. The lowest BCUT2D eigenvalue weighted by atomic mass is 9.93. The highest BCUT2D eigenvalue weighted by Gasteiger charge is 2.18. The van der Waals surface area contributed by atoms with Gasteiger partial charge in [-0.3, -0.25) is 0 Å². The van der Waals surface area contributed by atoms with Crippen LogP contribution in [-0.4, -0.2) is 35.0 Å². The summed E-state index contributed by atoms with van der Waals surface area (Å²) in [6.07, 6.45) is 1.73. The van der Waals surface area contributed by atoms with E-state index in [1.54, 1.807) is 6.33 Å². The van der Waals surface area contributed by atoms with Crippen LogP contribution in [0.4, 0.5) is 0 Å². The summed E-state index contributed by atoms with van der Waals surface area (Å²) in [5.41, 5.74) is 9.34. The number of benzene rings is 1. The quantitative estimate of drug-likeness (QED) is 0.848. The number of fused-ring (bicyclic) bond motifs is 1. The molecule has 0 amide bonds. The van der Waals surface area contributed by atoms with Gasteiger partial charge in [0, 0.05) is 13.1 Å². The number of nitrogens with zero attached hydrogens (tertiary/aromatic N) is 2. The van der Waals surface area contributed by atoms with E-state index in [9.17, 15) is 0 Å². The molecule has 0 saturated carbocycles. The molecule has 1 aromatic heterocycles. The van der Waals surface area contributed by atoms with Crippen LogP contribution in [0.3, 0.4) is 0 Å². The molecule has 0 saturated heterocycles. The van der Waals surface area contributed by atoms with Crippen molar-refractivity contribution < 1.29 is 0 Å². The number of aromatic nitrogens is 2. The Morgan fingerprint density at radius 2 is 2.17 bits per heavy atom. The second-order valence-corrected chi connectivity index (χ2v) is 5.79. The van der Waals surface area contributed by atoms with Gasteiger partial charge in [0.15, 0.2) is 0 Å². The fourth-order valence-electron chi connectivity index (χ4n) is 2.24. The largest absolute Gasteiger partial charge is 0.345 e. The predicted octanol–water partition coefficient (Wildman–Crippen LogP) is 1.98. The molecule has 2 rings (SSSR count). The zero-order valence-corrected chi connectivity index (χ0v) is 11.4. The van der Waals surface area contributed by atoms with Gasteiger partial charge in [0.05, 0.1) is 17.4 Å². The monoisotopic (exact) mass is 246 g/mol. The van der Waals surface area contributed by atoms with Crippen molar-refractivity contribution in [1.29, 1.82) is 0 Å². The van der Waals surface area contributed by atoms with E-state index in [2.05, 4.69) is 54.0 Å². The van der Waals surface area contributed by atoms with Crippen LogP contribution in [0.2, 0.25) is 0 Å². The van der Waals surface area contributed by atoms with Crippen LogP contribution in [0, 0.1) is 5.41 Å². The molecule has 0 spiro atoms. The van der Waals surface area contributed by atoms with Gasteiger partial charge >= 0.3 is 0 Å². The molecule has 98 valence electrons. The van der Waals surface area contributed by atoms with Crippen molar-refractivity contribution in [2.24, 2.45) is 11.1 Å².